The zero-order valence-corrected chi connectivity index (χ0v) is 15.4. The van der Waals surface area contributed by atoms with Crippen molar-refractivity contribution in [3.63, 3.8) is 0 Å². The third-order valence-corrected chi connectivity index (χ3v) is 5.03. The Morgan fingerprint density at radius 3 is 2.54 bits per heavy atom. The van der Waals surface area contributed by atoms with Crippen LogP contribution in [0.2, 0.25) is 0 Å². The highest BCUT2D eigenvalue weighted by Gasteiger charge is 2.23. The molecule has 1 aromatic carbocycles. The molecule has 144 valence electrons. The molecule has 2 aliphatic carbocycles. The number of nitro groups is 1. The lowest BCUT2D eigenvalue weighted by atomic mass is 9.92. The lowest BCUT2D eigenvalue weighted by Gasteiger charge is -2.16. The molecule has 1 aromatic rings. The molecule has 0 aromatic heterocycles. The van der Waals surface area contributed by atoms with Crippen LogP contribution in [0.25, 0.3) is 0 Å². The van der Waals surface area contributed by atoms with Crippen LogP contribution in [0.1, 0.15) is 12.5 Å². The van der Waals surface area contributed by atoms with Crippen LogP contribution in [-0.4, -0.2) is 28.9 Å². The van der Waals surface area contributed by atoms with E-state index in [0.29, 0.717) is 23.1 Å². The predicted molar refractivity (Wildman–Crippen MR) is 104 cm³/mol. The highest BCUT2D eigenvalue weighted by molar-refractivity contribution is 7.92. The molecule has 28 heavy (non-hydrogen) atoms. The van der Waals surface area contributed by atoms with Crippen LogP contribution in [0.3, 0.4) is 0 Å². The summed E-state index contributed by atoms with van der Waals surface area (Å²) in [5.41, 5.74) is 1.11. The first-order valence-electron chi connectivity index (χ1n) is 8.13. The summed E-state index contributed by atoms with van der Waals surface area (Å²) in [6.45, 7) is 1.82. The molecule has 0 spiro atoms. The van der Waals surface area contributed by atoms with Crippen LogP contribution >= 0.6 is 0 Å². The van der Waals surface area contributed by atoms with Gasteiger partial charge in [0.2, 0.25) is 15.9 Å². The first-order valence-corrected chi connectivity index (χ1v) is 9.60. The third-order valence-electron chi connectivity index (χ3n) is 4.16. The summed E-state index contributed by atoms with van der Waals surface area (Å²) in [6, 6.07) is 4.55. The molecule has 0 radical (unpaired) electrons. The predicted octanol–water partition coefficient (Wildman–Crippen LogP) is 3.53. The van der Waals surface area contributed by atoms with E-state index >= 15 is 0 Å². The Bertz CT molecular complexity index is 1160. The number of nitrogens with zero attached hydrogens (tertiary/aromatic N) is 3. The standard InChI is InChI=1S/C18H15N3O6S/c1-2-11-4-3-5-15(21(23)24)17(11)19-20-18-14-8-7-13(28(25,26)27)10-12(14)6-9-16(18)22/h3-10H,2H2,1H3,(H2,25,26,27). The van der Waals surface area contributed by atoms with E-state index in [4.69, 9.17) is 0 Å². The van der Waals surface area contributed by atoms with Crippen molar-refractivity contribution in [3.8, 4) is 0 Å². The molecule has 3 rings (SSSR count). The quantitative estimate of drug-likeness (QED) is 0.342. The molecule has 10 heteroatoms. The summed E-state index contributed by atoms with van der Waals surface area (Å²) in [7, 11) is -4.15. The van der Waals surface area contributed by atoms with Gasteiger partial charge in [-0.15, -0.1) is 10.2 Å². The van der Waals surface area contributed by atoms with E-state index < -0.39 is 20.8 Å². The van der Waals surface area contributed by atoms with Crippen molar-refractivity contribution in [3.05, 3.63) is 81.1 Å². The van der Waals surface area contributed by atoms with Gasteiger partial charge < -0.3 is 0 Å². The number of azo groups is 1. The Morgan fingerprint density at radius 2 is 1.89 bits per heavy atom. The third kappa shape index (κ3) is 3.74. The van der Waals surface area contributed by atoms with E-state index in [1.54, 1.807) is 12.1 Å². The smallest absolute Gasteiger partial charge is 0.293 e. The number of allylic oxidation sites excluding steroid dienone is 7. The number of carbonyl (C=O) groups excluding carboxylic acids is 1. The minimum absolute atomic E-state index is 0.0633. The van der Waals surface area contributed by atoms with E-state index in [9.17, 15) is 28.2 Å². The van der Waals surface area contributed by atoms with Crippen molar-refractivity contribution in [2.75, 3.05) is 0 Å². The van der Waals surface area contributed by atoms with Gasteiger partial charge in [0.1, 0.15) is 5.70 Å². The van der Waals surface area contributed by atoms with E-state index in [0.717, 1.165) is 0 Å². The Morgan fingerprint density at radius 1 is 1.14 bits per heavy atom. The molecule has 0 aliphatic heterocycles. The van der Waals surface area contributed by atoms with Crippen molar-refractivity contribution >= 4 is 32.1 Å². The number of nitro benzene ring substituents is 1. The van der Waals surface area contributed by atoms with Gasteiger partial charge in [-0.05, 0) is 35.8 Å². The first-order chi connectivity index (χ1) is 13.2. The zero-order valence-electron chi connectivity index (χ0n) is 14.6. The number of rotatable bonds is 4. The molecule has 0 saturated carbocycles. The topological polar surface area (TPSA) is 142 Å². The summed E-state index contributed by atoms with van der Waals surface area (Å²) < 4.78 is 30.0. The lowest BCUT2D eigenvalue weighted by molar-refractivity contribution is -0.384. The Kier molecular flexibility index (Phi) is 5.18. The minimum Gasteiger partial charge on any atom is -0.293 e. The van der Waals surface area contributed by atoms with Crippen LogP contribution < -0.4 is 0 Å². The molecule has 0 amide bonds. The van der Waals surface area contributed by atoms with Gasteiger partial charge in [-0.3, -0.25) is 24.0 Å². The number of hydrogen-bond acceptors (Lipinski definition) is 6. The van der Waals surface area contributed by atoms with Gasteiger partial charge in [0.05, 0.1) is 9.79 Å². The van der Waals surface area contributed by atoms with Crippen molar-refractivity contribution < 1.29 is 23.0 Å². The lowest BCUT2D eigenvalue weighted by Crippen LogP contribution is -2.14. The maximum Gasteiger partial charge on any atom is 0.297 e. The minimum atomic E-state index is -4.15. The fourth-order valence-electron chi connectivity index (χ4n) is 2.77. The zero-order chi connectivity index (χ0) is 20.5. The van der Waals surface area contributed by atoms with E-state index in [1.807, 2.05) is 6.92 Å². The second-order valence-corrected chi connectivity index (χ2v) is 7.35. The molecule has 0 fully saturated rings. The summed E-state index contributed by atoms with van der Waals surface area (Å²) in [5, 5.41) is 19.2. The Balaban J connectivity index is 2.12. The Hall–Kier alpha value is -3.21. The van der Waals surface area contributed by atoms with Crippen LogP contribution in [0.5, 0.6) is 0 Å². The van der Waals surface area contributed by atoms with Gasteiger partial charge in [-0.25, -0.2) is 4.21 Å². The second-order valence-electron chi connectivity index (χ2n) is 5.89. The van der Waals surface area contributed by atoms with Gasteiger partial charge >= 0.3 is 0 Å². The molecule has 0 unspecified atom stereocenters. The normalized spacial score (nSPS) is 16.6. The summed E-state index contributed by atoms with van der Waals surface area (Å²) >= 11 is 0. The highest BCUT2D eigenvalue weighted by atomic mass is 32.2. The number of fused-ring (bicyclic) bond motifs is 1. The van der Waals surface area contributed by atoms with Gasteiger partial charge in [-0.2, -0.15) is 0 Å². The first kappa shape index (κ1) is 19.5. The van der Waals surface area contributed by atoms with Gasteiger partial charge in [0.15, 0.2) is 5.69 Å². The van der Waals surface area contributed by atoms with E-state index in [2.05, 4.69) is 10.2 Å². The fraction of sp³-hybridized carbons (Fsp3) is 0.111. The highest BCUT2D eigenvalue weighted by Crippen LogP contribution is 2.34. The van der Waals surface area contributed by atoms with Crippen molar-refractivity contribution in [2.24, 2.45) is 10.2 Å². The largest absolute Gasteiger partial charge is 0.297 e. The molecule has 0 saturated heterocycles. The van der Waals surface area contributed by atoms with Crippen LogP contribution in [0.4, 0.5) is 11.4 Å². The van der Waals surface area contributed by atoms with Gasteiger partial charge in [-0.1, -0.05) is 31.2 Å². The summed E-state index contributed by atoms with van der Waals surface area (Å²) in [6.07, 6.45) is 6.95. The second kappa shape index (κ2) is 7.43. The number of benzene rings is 1. The van der Waals surface area contributed by atoms with E-state index in [-0.39, 0.29) is 21.9 Å². The molecular formula is C18H15N3O6S. The number of carbonyl (C=O) groups is 1. The molecule has 0 bridgehead atoms. The summed E-state index contributed by atoms with van der Waals surface area (Å²) in [4.78, 5) is 22.8. The average molecular weight is 401 g/mol. The van der Waals surface area contributed by atoms with E-state index in [1.165, 1.54) is 36.4 Å². The number of hydrogen-bond donors (Lipinski definition) is 2. The van der Waals surface area contributed by atoms with Crippen LogP contribution in [0, 0.1) is 10.1 Å². The monoisotopic (exact) mass is 401 g/mol. The SMILES string of the molecule is CCc1cccc([N+](=O)[O-])c1N=NC1=C2C=CC(=S(=O)(O)O)C=C2C=CC1=O. The molecule has 0 atom stereocenters. The maximum absolute atomic E-state index is 12.3. The molecule has 9 nitrogen and oxygen atoms in total. The maximum atomic E-state index is 12.3. The van der Waals surface area contributed by atoms with Crippen molar-refractivity contribution in [1.29, 1.82) is 0 Å². The molecule has 2 N–H and O–H groups in total. The van der Waals surface area contributed by atoms with Crippen LogP contribution in [-0.2, 0) is 21.3 Å². The van der Waals surface area contributed by atoms with Gasteiger partial charge in [0.25, 0.3) is 5.69 Å². The summed E-state index contributed by atoms with van der Waals surface area (Å²) in [5.74, 6) is -0.464. The fourth-order valence-corrected chi connectivity index (χ4v) is 3.29. The molecular weight excluding hydrogens is 386 g/mol. The molecule has 2 aliphatic rings. The van der Waals surface area contributed by atoms with Crippen molar-refractivity contribution in [2.45, 2.75) is 13.3 Å². The van der Waals surface area contributed by atoms with Gasteiger partial charge in [0, 0.05) is 11.6 Å². The number of ketones is 1. The Labute approximate surface area is 160 Å². The number of aryl methyl sites for hydroxylation is 1. The van der Waals surface area contributed by atoms with Crippen molar-refractivity contribution in [1.82, 2.24) is 0 Å². The molecule has 0 heterocycles. The van der Waals surface area contributed by atoms with Crippen LogP contribution in [0.15, 0.2) is 75.7 Å². The average Bonchev–Trinajstić information content (AvgIpc) is 2.65.